The van der Waals surface area contributed by atoms with Gasteiger partial charge in [-0.05, 0) is 11.1 Å². The molecule has 3 rings (SSSR count). The maximum absolute atomic E-state index is 6.09. The highest BCUT2D eigenvalue weighted by molar-refractivity contribution is 5.56. The van der Waals surface area contributed by atoms with Crippen molar-refractivity contribution in [2.24, 2.45) is 0 Å². The molecule has 0 radical (unpaired) electrons. The Hall–Kier alpha value is -3.66. The first-order valence-electron chi connectivity index (χ1n) is 9.79. The van der Waals surface area contributed by atoms with Crippen LogP contribution in [0.15, 0.2) is 98.1 Å². The zero-order valence-electron chi connectivity index (χ0n) is 17.0. The fourth-order valence-corrected chi connectivity index (χ4v) is 2.76. The first-order chi connectivity index (χ1) is 14.8. The molecule has 0 heterocycles. The van der Waals surface area contributed by atoms with Crippen molar-refractivity contribution in [3.8, 4) is 23.0 Å². The van der Waals surface area contributed by atoms with Gasteiger partial charge in [-0.25, -0.2) is 0 Å². The van der Waals surface area contributed by atoms with Gasteiger partial charge >= 0.3 is 0 Å². The summed E-state index contributed by atoms with van der Waals surface area (Å²) in [5.41, 5.74) is 2.13. The maximum atomic E-state index is 6.09. The molecule has 0 N–H and O–H groups in total. The summed E-state index contributed by atoms with van der Waals surface area (Å²) in [6.45, 7) is 8.95. The molecular formula is C26H26O4. The minimum absolute atomic E-state index is 0.330. The van der Waals surface area contributed by atoms with E-state index in [0.717, 1.165) is 11.1 Å². The predicted octanol–water partition coefficient (Wildman–Crippen LogP) is 5.97. The summed E-state index contributed by atoms with van der Waals surface area (Å²) in [6, 6.07) is 23.6. The van der Waals surface area contributed by atoms with E-state index in [4.69, 9.17) is 18.9 Å². The van der Waals surface area contributed by atoms with Gasteiger partial charge in [-0.15, -0.1) is 0 Å². The van der Waals surface area contributed by atoms with Crippen molar-refractivity contribution in [3.05, 3.63) is 109 Å². The topological polar surface area (TPSA) is 36.9 Å². The lowest BCUT2D eigenvalue weighted by atomic mass is 10.2. The normalized spacial score (nSPS) is 10.1. The predicted molar refractivity (Wildman–Crippen MR) is 119 cm³/mol. The fraction of sp³-hybridized carbons (Fsp3) is 0.154. The van der Waals surface area contributed by atoms with Crippen LogP contribution in [0.2, 0.25) is 0 Å². The van der Waals surface area contributed by atoms with Gasteiger partial charge < -0.3 is 18.9 Å². The van der Waals surface area contributed by atoms with Gasteiger partial charge in [-0.3, -0.25) is 0 Å². The largest absolute Gasteiger partial charge is 0.489 e. The summed E-state index contributed by atoms with van der Waals surface area (Å²) in [5, 5.41) is 0. The molecule has 30 heavy (non-hydrogen) atoms. The van der Waals surface area contributed by atoms with Crippen LogP contribution in [0.5, 0.6) is 23.0 Å². The van der Waals surface area contributed by atoms with Crippen molar-refractivity contribution in [2.45, 2.75) is 13.2 Å². The van der Waals surface area contributed by atoms with Gasteiger partial charge in [-0.1, -0.05) is 86.0 Å². The molecule has 0 spiro atoms. The van der Waals surface area contributed by atoms with Crippen LogP contribution in [0.4, 0.5) is 0 Å². The highest BCUT2D eigenvalue weighted by Gasteiger charge is 2.16. The van der Waals surface area contributed by atoms with Crippen molar-refractivity contribution in [1.82, 2.24) is 0 Å². The second-order valence-electron chi connectivity index (χ2n) is 6.50. The molecule has 4 nitrogen and oxygen atoms in total. The molecule has 0 unspecified atom stereocenters. The van der Waals surface area contributed by atoms with Crippen LogP contribution in [-0.2, 0) is 13.2 Å². The Morgan fingerprint density at radius 3 is 1.67 bits per heavy atom. The lowest BCUT2D eigenvalue weighted by Crippen LogP contribution is -2.05. The number of ether oxygens (including phenoxy) is 4. The third-order valence-corrected chi connectivity index (χ3v) is 4.18. The van der Waals surface area contributed by atoms with Crippen LogP contribution in [0.1, 0.15) is 11.1 Å². The number of rotatable bonds is 12. The van der Waals surface area contributed by atoms with Gasteiger partial charge in [0.15, 0.2) is 11.5 Å². The van der Waals surface area contributed by atoms with E-state index in [1.165, 1.54) is 0 Å². The summed E-state index contributed by atoms with van der Waals surface area (Å²) in [7, 11) is 0. The molecule has 0 saturated carbocycles. The van der Waals surface area contributed by atoms with E-state index in [2.05, 4.69) is 13.2 Å². The summed E-state index contributed by atoms with van der Waals surface area (Å²) < 4.78 is 23.8. The molecule has 4 heteroatoms. The highest BCUT2D eigenvalue weighted by Crippen LogP contribution is 2.42. The van der Waals surface area contributed by atoms with Crippen molar-refractivity contribution in [1.29, 1.82) is 0 Å². The van der Waals surface area contributed by atoms with Crippen LogP contribution in [-0.4, -0.2) is 13.2 Å². The summed E-state index contributed by atoms with van der Waals surface area (Å²) in [5.74, 6) is 2.22. The molecule has 0 aromatic heterocycles. The molecule has 3 aromatic rings. The second-order valence-corrected chi connectivity index (χ2v) is 6.50. The average molecular weight is 402 g/mol. The van der Waals surface area contributed by atoms with Crippen LogP contribution in [0.25, 0.3) is 0 Å². The minimum atomic E-state index is 0.330. The van der Waals surface area contributed by atoms with E-state index in [-0.39, 0.29) is 0 Å². The van der Waals surface area contributed by atoms with Gasteiger partial charge in [0.2, 0.25) is 5.75 Å². The Kier molecular flexibility index (Phi) is 7.98. The van der Waals surface area contributed by atoms with E-state index >= 15 is 0 Å². The lowest BCUT2D eigenvalue weighted by Gasteiger charge is -2.18. The SMILES string of the molecule is C=CCOc1cc(OCc2ccccc2)cc(OCc2ccccc2)c1OCC=C. The summed E-state index contributed by atoms with van der Waals surface area (Å²) in [4.78, 5) is 0. The zero-order valence-corrected chi connectivity index (χ0v) is 17.0. The Morgan fingerprint density at radius 1 is 0.600 bits per heavy atom. The van der Waals surface area contributed by atoms with Crippen molar-refractivity contribution in [2.75, 3.05) is 13.2 Å². The van der Waals surface area contributed by atoms with Gasteiger partial charge in [0.25, 0.3) is 0 Å². The molecule has 0 bridgehead atoms. The monoisotopic (exact) mass is 402 g/mol. The maximum Gasteiger partial charge on any atom is 0.204 e. The second kappa shape index (κ2) is 11.4. The minimum Gasteiger partial charge on any atom is -0.489 e. The van der Waals surface area contributed by atoms with Crippen LogP contribution < -0.4 is 18.9 Å². The Labute approximate surface area is 178 Å². The molecule has 0 aliphatic heterocycles. The van der Waals surface area contributed by atoms with Gasteiger partial charge in [0.1, 0.15) is 32.2 Å². The molecule has 0 aliphatic carbocycles. The van der Waals surface area contributed by atoms with Crippen molar-refractivity contribution >= 4 is 0 Å². The Morgan fingerprint density at radius 2 is 1.10 bits per heavy atom. The Bertz CT molecular complexity index is 936. The first-order valence-corrected chi connectivity index (χ1v) is 9.79. The molecule has 0 amide bonds. The third kappa shape index (κ3) is 6.17. The Balaban J connectivity index is 1.87. The molecule has 0 atom stereocenters. The smallest absolute Gasteiger partial charge is 0.204 e. The zero-order chi connectivity index (χ0) is 21.0. The molecule has 3 aromatic carbocycles. The molecule has 0 saturated heterocycles. The number of hydrogen-bond donors (Lipinski definition) is 0. The quantitative estimate of drug-likeness (QED) is 0.350. The summed E-state index contributed by atoms with van der Waals surface area (Å²) >= 11 is 0. The van der Waals surface area contributed by atoms with E-state index in [1.54, 1.807) is 18.2 Å². The van der Waals surface area contributed by atoms with E-state index in [9.17, 15) is 0 Å². The number of benzene rings is 3. The summed E-state index contributed by atoms with van der Waals surface area (Å²) in [6.07, 6.45) is 3.36. The molecule has 154 valence electrons. The average Bonchev–Trinajstić information content (AvgIpc) is 2.80. The van der Waals surface area contributed by atoms with Gasteiger partial charge in [-0.2, -0.15) is 0 Å². The van der Waals surface area contributed by atoms with E-state index in [0.29, 0.717) is 49.4 Å². The highest BCUT2D eigenvalue weighted by atomic mass is 16.5. The van der Waals surface area contributed by atoms with E-state index < -0.39 is 0 Å². The van der Waals surface area contributed by atoms with Crippen molar-refractivity contribution < 1.29 is 18.9 Å². The fourth-order valence-electron chi connectivity index (χ4n) is 2.76. The van der Waals surface area contributed by atoms with Crippen molar-refractivity contribution in [3.63, 3.8) is 0 Å². The third-order valence-electron chi connectivity index (χ3n) is 4.18. The van der Waals surface area contributed by atoms with Gasteiger partial charge in [0.05, 0.1) is 0 Å². The molecule has 0 aliphatic rings. The van der Waals surface area contributed by atoms with E-state index in [1.807, 2.05) is 66.7 Å². The first kappa shape index (κ1) is 21.1. The van der Waals surface area contributed by atoms with Crippen LogP contribution in [0, 0.1) is 0 Å². The standard InChI is InChI=1S/C26H26O4/c1-3-15-27-24-17-23(29-19-21-11-7-5-8-12-21)18-25(26(24)28-16-4-2)30-20-22-13-9-6-10-14-22/h3-14,17-18H,1-2,15-16,19-20H2. The molecular weight excluding hydrogens is 376 g/mol. The van der Waals surface area contributed by atoms with Crippen LogP contribution >= 0.6 is 0 Å². The number of hydrogen-bond acceptors (Lipinski definition) is 4. The lowest BCUT2D eigenvalue weighted by molar-refractivity contribution is 0.252. The molecule has 0 fully saturated rings. The van der Waals surface area contributed by atoms with Gasteiger partial charge in [0, 0.05) is 12.1 Å². The van der Waals surface area contributed by atoms with Crippen LogP contribution in [0.3, 0.4) is 0 Å².